The fraction of sp³-hybridized carbons (Fsp3) is 0.318. The molecule has 33 heavy (non-hydrogen) atoms. The van der Waals surface area contributed by atoms with Gasteiger partial charge >= 0.3 is 6.03 Å². The van der Waals surface area contributed by atoms with E-state index in [0.29, 0.717) is 22.8 Å². The number of sulfone groups is 1. The van der Waals surface area contributed by atoms with Crippen LogP contribution < -0.4 is 16.0 Å². The Hall–Kier alpha value is -2.53. The molecule has 1 fully saturated rings. The van der Waals surface area contributed by atoms with Crippen LogP contribution in [0.1, 0.15) is 36.0 Å². The molecule has 0 saturated heterocycles. The number of amides is 3. The molecule has 1 aliphatic rings. The number of fused-ring (bicyclic) bond motifs is 1. The Balaban J connectivity index is 1.39. The predicted octanol–water partition coefficient (Wildman–Crippen LogP) is 4.22. The summed E-state index contributed by atoms with van der Waals surface area (Å²) >= 11 is 7.10. The van der Waals surface area contributed by atoms with Gasteiger partial charge in [-0.05, 0) is 43.2 Å². The molecule has 1 aromatic heterocycles. The van der Waals surface area contributed by atoms with Crippen LogP contribution in [0.25, 0.3) is 10.2 Å². The monoisotopic (exact) mass is 506 g/mol. The molecule has 4 rings (SSSR count). The number of nitrogens with one attached hydrogen (secondary N) is 3. The number of benzene rings is 2. The maximum absolute atomic E-state index is 12.7. The highest BCUT2D eigenvalue weighted by Gasteiger charge is 2.19. The number of nitrogens with zero attached hydrogens (tertiary/aromatic N) is 1. The van der Waals surface area contributed by atoms with Crippen molar-refractivity contribution in [2.45, 2.75) is 36.6 Å². The summed E-state index contributed by atoms with van der Waals surface area (Å²) in [5.41, 5.74) is 0.728. The minimum Gasteiger partial charge on any atom is -0.313 e. The Kier molecular flexibility index (Phi) is 7.28. The minimum absolute atomic E-state index is 0.0193. The van der Waals surface area contributed by atoms with E-state index in [4.69, 9.17) is 11.6 Å². The largest absolute Gasteiger partial charge is 0.327 e. The number of hydrogen-bond donors (Lipinski definition) is 3. The number of carbonyl (C=O) groups is 2. The molecule has 0 aliphatic heterocycles. The van der Waals surface area contributed by atoms with Gasteiger partial charge in [-0.25, -0.2) is 18.2 Å². The van der Waals surface area contributed by atoms with Crippen molar-refractivity contribution in [2.24, 2.45) is 0 Å². The van der Waals surface area contributed by atoms with Gasteiger partial charge in [0, 0.05) is 12.6 Å². The van der Waals surface area contributed by atoms with Crippen LogP contribution in [-0.2, 0) is 9.84 Å². The lowest BCUT2D eigenvalue weighted by Gasteiger charge is -2.11. The van der Waals surface area contributed by atoms with E-state index in [1.54, 1.807) is 30.3 Å². The van der Waals surface area contributed by atoms with Gasteiger partial charge in [-0.2, -0.15) is 0 Å². The van der Waals surface area contributed by atoms with E-state index < -0.39 is 21.8 Å². The molecular formula is C22H23ClN4O4S2. The summed E-state index contributed by atoms with van der Waals surface area (Å²) in [5, 5.41) is 8.51. The van der Waals surface area contributed by atoms with Gasteiger partial charge in [0.25, 0.3) is 5.91 Å². The fourth-order valence-electron chi connectivity index (χ4n) is 3.74. The van der Waals surface area contributed by atoms with Crippen molar-refractivity contribution < 1.29 is 18.0 Å². The van der Waals surface area contributed by atoms with Gasteiger partial charge in [0.2, 0.25) is 0 Å². The molecule has 8 nitrogen and oxygen atoms in total. The lowest BCUT2D eigenvalue weighted by Crippen LogP contribution is -2.34. The number of halogens is 1. The summed E-state index contributed by atoms with van der Waals surface area (Å²) < 4.78 is 26.1. The van der Waals surface area contributed by atoms with E-state index in [1.165, 1.54) is 25.0 Å². The van der Waals surface area contributed by atoms with Crippen LogP contribution in [0.5, 0.6) is 0 Å². The Morgan fingerprint density at radius 2 is 1.88 bits per heavy atom. The summed E-state index contributed by atoms with van der Waals surface area (Å²) in [6.45, 7) is 0.417. The maximum atomic E-state index is 12.7. The molecule has 174 valence electrons. The zero-order valence-electron chi connectivity index (χ0n) is 17.6. The zero-order chi connectivity index (χ0) is 23.4. The molecule has 1 heterocycles. The third-order valence-electron chi connectivity index (χ3n) is 5.44. The van der Waals surface area contributed by atoms with E-state index in [0.717, 1.165) is 24.2 Å². The SMILES string of the molecule is O=C(NC(=O)c1ccccc1Cl)Nc1nc2ccc(S(=O)(=O)CCNC3CCCC3)cc2s1. The van der Waals surface area contributed by atoms with Crippen LogP contribution in [-0.4, -0.2) is 43.7 Å². The summed E-state index contributed by atoms with van der Waals surface area (Å²) in [6, 6.07) is 10.7. The molecule has 0 radical (unpaired) electrons. The third-order valence-corrected chi connectivity index (χ3v) is 8.42. The first-order valence-electron chi connectivity index (χ1n) is 10.6. The van der Waals surface area contributed by atoms with Crippen molar-refractivity contribution in [1.82, 2.24) is 15.6 Å². The number of hydrogen-bond acceptors (Lipinski definition) is 7. The average Bonchev–Trinajstić information content (AvgIpc) is 3.42. The topological polar surface area (TPSA) is 117 Å². The first-order valence-corrected chi connectivity index (χ1v) is 13.4. The van der Waals surface area contributed by atoms with Crippen LogP contribution in [0, 0.1) is 0 Å². The van der Waals surface area contributed by atoms with Crippen LogP contribution in [0.4, 0.5) is 9.93 Å². The van der Waals surface area contributed by atoms with Crippen molar-refractivity contribution in [2.75, 3.05) is 17.6 Å². The quantitative estimate of drug-likeness (QED) is 0.441. The molecule has 3 amide bonds. The first-order chi connectivity index (χ1) is 15.8. The van der Waals surface area contributed by atoms with Crippen molar-refractivity contribution in [1.29, 1.82) is 0 Å². The van der Waals surface area contributed by atoms with Gasteiger partial charge in [0.05, 0.1) is 31.5 Å². The normalized spacial score (nSPS) is 14.5. The smallest absolute Gasteiger partial charge is 0.313 e. The highest BCUT2D eigenvalue weighted by molar-refractivity contribution is 7.91. The number of aromatic nitrogens is 1. The Morgan fingerprint density at radius 3 is 2.64 bits per heavy atom. The number of urea groups is 1. The van der Waals surface area contributed by atoms with Gasteiger partial charge in [-0.3, -0.25) is 15.4 Å². The Morgan fingerprint density at radius 1 is 1.12 bits per heavy atom. The van der Waals surface area contributed by atoms with Crippen LogP contribution >= 0.6 is 22.9 Å². The van der Waals surface area contributed by atoms with Crippen molar-refractivity contribution in [3.05, 3.63) is 53.1 Å². The van der Waals surface area contributed by atoms with E-state index in [1.807, 2.05) is 0 Å². The molecule has 11 heteroatoms. The van der Waals surface area contributed by atoms with Crippen molar-refractivity contribution in [3.63, 3.8) is 0 Å². The summed E-state index contributed by atoms with van der Waals surface area (Å²) in [4.78, 5) is 28.9. The number of imide groups is 1. The summed E-state index contributed by atoms with van der Waals surface area (Å²) in [5.74, 6) is -0.621. The molecule has 3 aromatic rings. The number of thiazole rings is 1. The molecule has 1 saturated carbocycles. The van der Waals surface area contributed by atoms with Crippen LogP contribution in [0.15, 0.2) is 47.4 Å². The van der Waals surface area contributed by atoms with Crippen LogP contribution in [0.3, 0.4) is 0 Å². The van der Waals surface area contributed by atoms with Gasteiger partial charge in [0.15, 0.2) is 15.0 Å². The molecule has 0 bridgehead atoms. The highest BCUT2D eigenvalue weighted by Crippen LogP contribution is 2.28. The molecule has 3 N–H and O–H groups in total. The molecule has 0 unspecified atom stereocenters. The standard InChI is InChI=1S/C22H23ClN4O4S2/c23-17-8-4-3-7-16(17)20(28)26-21(29)27-22-25-18-10-9-15(13-19(18)32-22)33(30,31)12-11-24-14-5-1-2-6-14/h3-4,7-10,13-14,24H,1-2,5-6,11-12H2,(H2,25,26,27,28,29). The number of rotatable bonds is 7. The summed E-state index contributed by atoms with van der Waals surface area (Å²) in [6.07, 6.45) is 4.57. The fourth-order valence-corrected chi connectivity index (χ4v) is 6.13. The van der Waals surface area contributed by atoms with E-state index in [2.05, 4.69) is 20.9 Å². The number of carbonyl (C=O) groups excluding carboxylic acids is 2. The van der Waals surface area contributed by atoms with Crippen molar-refractivity contribution >= 4 is 60.1 Å². The second-order valence-electron chi connectivity index (χ2n) is 7.79. The molecule has 2 aromatic carbocycles. The first kappa shape index (κ1) is 23.6. The Bertz CT molecular complexity index is 1290. The second-order valence-corrected chi connectivity index (χ2v) is 11.3. The zero-order valence-corrected chi connectivity index (χ0v) is 20.0. The summed E-state index contributed by atoms with van der Waals surface area (Å²) in [7, 11) is -3.45. The highest BCUT2D eigenvalue weighted by atomic mass is 35.5. The predicted molar refractivity (Wildman–Crippen MR) is 130 cm³/mol. The van der Waals surface area contributed by atoms with Gasteiger partial charge in [-0.1, -0.05) is 47.9 Å². The van der Waals surface area contributed by atoms with E-state index >= 15 is 0 Å². The molecular weight excluding hydrogens is 484 g/mol. The van der Waals surface area contributed by atoms with E-state index in [-0.39, 0.29) is 26.4 Å². The van der Waals surface area contributed by atoms with Crippen molar-refractivity contribution in [3.8, 4) is 0 Å². The molecule has 1 aliphatic carbocycles. The molecule has 0 spiro atoms. The second kappa shape index (κ2) is 10.2. The van der Waals surface area contributed by atoms with Gasteiger partial charge < -0.3 is 5.32 Å². The lowest BCUT2D eigenvalue weighted by molar-refractivity contribution is 0.0967. The number of anilines is 1. The average molecular weight is 507 g/mol. The van der Waals surface area contributed by atoms with Crippen LogP contribution in [0.2, 0.25) is 5.02 Å². The van der Waals surface area contributed by atoms with E-state index in [9.17, 15) is 18.0 Å². The van der Waals surface area contributed by atoms with Gasteiger partial charge in [-0.15, -0.1) is 0 Å². The maximum Gasteiger partial charge on any atom is 0.327 e. The minimum atomic E-state index is -3.45. The third kappa shape index (κ3) is 5.89. The van der Waals surface area contributed by atoms with Gasteiger partial charge in [0.1, 0.15) is 0 Å². The Labute approximate surface area is 200 Å². The lowest BCUT2D eigenvalue weighted by atomic mass is 10.2. The molecule has 0 atom stereocenters.